The van der Waals surface area contributed by atoms with Gasteiger partial charge in [-0.2, -0.15) is 0 Å². The van der Waals surface area contributed by atoms with E-state index in [1.807, 2.05) is 56.9 Å². The van der Waals surface area contributed by atoms with Crippen molar-refractivity contribution in [3.05, 3.63) is 87.2 Å². The number of aromatic nitrogens is 1. The van der Waals surface area contributed by atoms with Crippen molar-refractivity contribution in [2.24, 2.45) is 0 Å². The summed E-state index contributed by atoms with van der Waals surface area (Å²) < 4.78 is 0. The molecule has 0 bridgehead atoms. The van der Waals surface area contributed by atoms with Crippen molar-refractivity contribution in [3.8, 4) is 0 Å². The van der Waals surface area contributed by atoms with Gasteiger partial charge in [0.2, 0.25) is 0 Å². The van der Waals surface area contributed by atoms with E-state index in [9.17, 15) is 14.4 Å². The van der Waals surface area contributed by atoms with E-state index >= 15 is 0 Å². The van der Waals surface area contributed by atoms with E-state index in [-0.39, 0.29) is 23.8 Å². The van der Waals surface area contributed by atoms with Crippen LogP contribution >= 0.6 is 0 Å². The number of H-pyrrole nitrogens is 1. The number of piperazine rings is 1. The third kappa shape index (κ3) is 6.32. The van der Waals surface area contributed by atoms with Crippen LogP contribution in [0, 0.1) is 20.8 Å². The number of anilines is 1. The highest BCUT2D eigenvalue weighted by molar-refractivity contribution is 6.35. The van der Waals surface area contributed by atoms with Gasteiger partial charge in [0.05, 0.1) is 17.2 Å². The number of rotatable bonds is 6. The number of likely N-dealkylation sites (tertiary alicyclic amines) is 1. The molecule has 3 aliphatic heterocycles. The third-order valence-electron chi connectivity index (χ3n) is 9.77. The highest BCUT2D eigenvalue weighted by Crippen LogP contribution is 2.35. The molecule has 1 aromatic heterocycles. The molecule has 3 aromatic rings. The molecule has 0 aliphatic carbocycles. The second-order valence-electron chi connectivity index (χ2n) is 12.9. The van der Waals surface area contributed by atoms with Gasteiger partial charge in [0.1, 0.15) is 0 Å². The Morgan fingerprint density at radius 2 is 1.64 bits per heavy atom. The Kier molecular flexibility index (Phi) is 8.66. The van der Waals surface area contributed by atoms with Crippen molar-refractivity contribution >= 4 is 35.1 Å². The maximum Gasteiger partial charge on any atom is 0.256 e. The lowest BCUT2D eigenvalue weighted by Crippen LogP contribution is -2.54. The molecule has 3 amide bonds. The van der Waals surface area contributed by atoms with Gasteiger partial charge in [0.25, 0.3) is 17.7 Å². The lowest BCUT2D eigenvalue weighted by atomic mass is 10.0. The van der Waals surface area contributed by atoms with Crippen molar-refractivity contribution in [1.82, 2.24) is 25.0 Å². The van der Waals surface area contributed by atoms with Crippen molar-refractivity contribution < 1.29 is 14.4 Å². The fourth-order valence-electron chi connectivity index (χ4n) is 6.88. The number of benzene rings is 2. The van der Waals surface area contributed by atoms with Crippen LogP contribution in [0.3, 0.4) is 0 Å². The number of aryl methyl sites for hydroxylation is 2. The summed E-state index contributed by atoms with van der Waals surface area (Å²) in [6.07, 6.45) is 4.18. The topological polar surface area (TPSA) is 101 Å². The lowest BCUT2D eigenvalue weighted by molar-refractivity contribution is -0.110. The summed E-state index contributed by atoms with van der Waals surface area (Å²) in [7, 11) is 2.18. The molecule has 45 heavy (non-hydrogen) atoms. The molecular weight excluding hydrogens is 564 g/mol. The summed E-state index contributed by atoms with van der Waals surface area (Å²) in [5, 5.41) is 5.99. The number of amides is 3. The Balaban J connectivity index is 1.17. The molecule has 6 rings (SSSR count). The highest BCUT2D eigenvalue weighted by atomic mass is 16.2. The first kappa shape index (κ1) is 30.8. The maximum absolute atomic E-state index is 13.7. The number of nitrogens with zero attached hydrogens (tertiary/aromatic N) is 3. The van der Waals surface area contributed by atoms with Gasteiger partial charge in [-0.3, -0.25) is 19.3 Å². The Hall–Kier alpha value is -4.21. The summed E-state index contributed by atoms with van der Waals surface area (Å²) in [5.41, 5.74) is 7.46. The van der Waals surface area contributed by atoms with Crippen molar-refractivity contribution in [1.29, 1.82) is 0 Å². The van der Waals surface area contributed by atoms with Crippen LogP contribution in [-0.4, -0.2) is 89.8 Å². The molecular formula is C36H44N6O3. The maximum atomic E-state index is 13.7. The largest absolute Gasteiger partial charge is 0.358 e. The molecule has 0 spiro atoms. The number of carbonyl (C=O) groups is 3. The number of hydrogen-bond acceptors (Lipinski definition) is 5. The van der Waals surface area contributed by atoms with Crippen LogP contribution in [-0.2, 0) is 4.79 Å². The monoisotopic (exact) mass is 608 g/mol. The van der Waals surface area contributed by atoms with E-state index in [0.717, 1.165) is 67.3 Å². The van der Waals surface area contributed by atoms with Gasteiger partial charge in [-0.1, -0.05) is 29.8 Å². The average molecular weight is 609 g/mol. The predicted molar refractivity (Wildman–Crippen MR) is 178 cm³/mol. The molecule has 0 unspecified atom stereocenters. The van der Waals surface area contributed by atoms with E-state index in [1.165, 1.54) is 12.8 Å². The van der Waals surface area contributed by atoms with Gasteiger partial charge in [0, 0.05) is 60.4 Å². The zero-order valence-electron chi connectivity index (χ0n) is 27.0. The van der Waals surface area contributed by atoms with Gasteiger partial charge in [-0.05, 0) is 96.1 Å². The average Bonchev–Trinajstić information content (AvgIpc) is 3.50. The van der Waals surface area contributed by atoms with Crippen LogP contribution in [0.2, 0.25) is 0 Å². The van der Waals surface area contributed by atoms with Crippen molar-refractivity contribution in [3.63, 3.8) is 0 Å². The first-order valence-corrected chi connectivity index (χ1v) is 16.0. The summed E-state index contributed by atoms with van der Waals surface area (Å²) >= 11 is 0. The smallest absolute Gasteiger partial charge is 0.256 e. The minimum atomic E-state index is -0.236. The van der Waals surface area contributed by atoms with Gasteiger partial charge >= 0.3 is 0 Å². The molecule has 0 radical (unpaired) electrons. The van der Waals surface area contributed by atoms with E-state index in [4.69, 9.17) is 0 Å². The van der Waals surface area contributed by atoms with Crippen LogP contribution in [0.4, 0.5) is 5.69 Å². The molecule has 236 valence electrons. The SMILES string of the molecule is Cc1ccc([C@@H](C)NC(=O)c2ccc3c(c2)/C(=C/c2[nH]c(C)c(C(=O)N4CCN(C5CCN(C)CC5)CC4)c2C)C(=O)N3)cc1. The van der Waals surface area contributed by atoms with Crippen LogP contribution in [0.25, 0.3) is 11.6 Å². The van der Waals surface area contributed by atoms with Crippen LogP contribution in [0.1, 0.15) is 80.2 Å². The molecule has 9 heteroatoms. The van der Waals surface area contributed by atoms with Gasteiger partial charge in [-0.15, -0.1) is 0 Å². The first-order valence-electron chi connectivity index (χ1n) is 16.0. The van der Waals surface area contributed by atoms with Crippen molar-refractivity contribution in [2.45, 2.75) is 52.6 Å². The highest BCUT2D eigenvalue weighted by Gasteiger charge is 2.31. The minimum Gasteiger partial charge on any atom is -0.358 e. The zero-order chi connectivity index (χ0) is 31.8. The molecule has 2 aromatic carbocycles. The first-order chi connectivity index (χ1) is 21.6. The summed E-state index contributed by atoms with van der Waals surface area (Å²) in [5.74, 6) is -0.410. The van der Waals surface area contributed by atoms with Gasteiger partial charge in [0.15, 0.2) is 0 Å². The van der Waals surface area contributed by atoms with Gasteiger partial charge in [-0.25, -0.2) is 0 Å². The Morgan fingerprint density at radius 1 is 0.956 bits per heavy atom. The number of fused-ring (bicyclic) bond motifs is 1. The molecule has 1 atom stereocenters. The fraction of sp³-hybridized carbons (Fsp3) is 0.417. The Bertz CT molecular complexity index is 1640. The van der Waals surface area contributed by atoms with E-state index in [2.05, 4.69) is 32.5 Å². The number of nitrogens with one attached hydrogen (secondary N) is 3. The minimum absolute atomic E-state index is 0.0341. The second kappa shape index (κ2) is 12.7. The predicted octanol–water partition coefficient (Wildman–Crippen LogP) is 4.78. The molecule has 3 N–H and O–H groups in total. The molecule has 2 saturated heterocycles. The number of hydrogen-bond donors (Lipinski definition) is 3. The molecule has 3 aliphatic rings. The number of aromatic amines is 1. The van der Waals surface area contributed by atoms with Gasteiger partial charge < -0.3 is 25.4 Å². The van der Waals surface area contributed by atoms with Crippen molar-refractivity contribution in [2.75, 3.05) is 51.6 Å². The molecule has 4 heterocycles. The number of carbonyl (C=O) groups excluding carboxylic acids is 3. The summed E-state index contributed by atoms with van der Waals surface area (Å²) in [6, 6.07) is 13.8. The Morgan fingerprint density at radius 3 is 2.33 bits per heavy atom. The van der Waals surface area contributed by atoms with E-state index in [0.29, 0.717) is 34.0 Å². The third-order valence-corrected chi connectivity index (χ3v) is 9.77. The normalized spacial score (nSPS) is 19.4. The van der Waals surface area contributed by atoms with Crippen LogP contribution < -0.4 is 10.6 Å². The fourth-order valence-corrected chi connectivity index (χ4v) is 6.88. The molecule has 0 saturated carbocycles. The quantitative estimate of drug-likeness (QED) is 0.350. The molecule has 2 fully saturated rings. The Labute approximate surface area is 265 Å². The standard InChI is InChI=1S/C36H44N6O3/c1-22-6-8-26(9-7-22)24(3)38-34(43)27-10-11-31-29(20-27)30(35(44)39-31)21-32-23(2)33(25(4)37-32)36(45)42-18-16-41(17-19-42)28-12-14-40(5)15-13-28/h6-11,20-21,24,28,37H,12-19H2,1-5H3,(H,38,43)(H,39,44)/b30-21-/t24-/m1/s1. The van der Waals surface area contributed by atoms with Crippen LogP contribution in [0.5, 0.6) is 0 Å². The number of piperidine rings is 1. The summed E-state index contributed by atoms with van der Waals surface area (Å²) in [6.45, 7) is 13.3. The summed E-state index contributed by atoms with van der Waals surface area (Å²) in [4.78, 5) is 50.3. The zero-order valence-corrected chi connectivity index (χ0v) is 27.0. The second-order valence-corrected chi connectivity index (χ2v) is 12.9. The molecule has 9 nitrogen and oxygen atoms in total. The van der Waals surface area contributed by atoms with E-state index < -0.39 is 0 Å². The van der Waals surface area contributed by atoms with E-state index in [1.54, 1.807) is 24.3 Å². The lowest BCUT2D eigenvalue weighted by Gasteiger charge is -2.42. The van der Waals surface area contributed by atoms with Crippen LogP contribution in [0.15, 0.2) is 42.5 Å².